The van der Waals surface area contributed by atoms with E-state index in [0.717, 1.165) is 25.5 Å². The summed E-state index contributed by atoms with van der Waals surface area (Å²) in [7, 11) is 1.80. The first-order valence-corrected chi connectivity index (χ1v) is 7.32. The normalized spacial score (nSPS) is 11.2. The molecule has 0 heterocycles. The number of hydrogen-bond donors (Lipinski definition) is 2. The van der Waals surface area contributed by atoms with Crippen LogP contribution in [0.15, 0.2) is 59.6 Å². The molecule has 0 unspecified atom stereocenters. The Balaban J connectivity index is 1.78. The minimum Gasteiger partial charge on any atom is -0.356 e. The van der Waals surface area contributed by atoms with Gasteiger partial charge in [0.05, 0.1) is 0 Å². The number of hydrogen-bond acceptors (Lipinski definition) is 1. The molecule has 0 aromatic heterocycles. The van der Waals surface area contributed by atoms with E-state index in [2.05, 4.69) is 71.1 Å². The van der Waals surface area contributed by atoms with Gasteiger partial charge in [-0.3, -0.25) is 4.99 Å². The van der Waals surface area contributed by atoms with E-state index < -0.39 is 0 Å². The quantitative estimate of drug-likeness (QED) is 0.653. The maximum Gasteiger partial charge on any atom is 0.191 e. The van der Waals surface area contributed by atoms with Gasteiger partial charge in [0.15, 0.2) is 5.96 Å². The van der Waals surface area contributed by atoms with Gasteiger partial charge in [-0.15, -0.1) is 0 Å². The van der Waals surface area contributed by atoms with Gasteiger partial charge < -0.3 is 10.6 Å². The van der Waals surface area contributed by atoms with E-state index in [0.29, 0.717) is 0 Å². The van der Waals surface area contributed by atoms with Gasteiger partial charge >= 0.3 is 0 Å². The lowest BCUT2D eigenvalue weighted by Gasteiger charge is -2.13. The van der Waals surface area contributed by atoms with E-state index >= 15 is 0 Å². The first-order valence-electron chi connectivity index (χ1n) is 7.32. The molecule has 0 saturated heterocycles. The number of guanidine groups is 1. The highest BCUT2D eigenvalue weighted by molar-refractivity contribution is 5.79. The molecule has 2 N–H and O–H groups in total. The lowest BCUT2D eigenvalue weighted by molar-refractivity contribution is 0.792. The third-order valence-corrected chi connectivity index (χ3v) is 3.48. The molecule has 110 valence electrons. The van der Waals surface area contributed by atoms with Crippen molar-refractivity contribution < 1.29 is 0 Å². The van der Waals surface area contributed by atoms with Crippen molar-refractivity contribution >= 4 is 5.96 Å². The van der Waals surface area contributed by atoms with Crippen LogP contribution in [0, 0.1) is 6.92 Å². The second kappa shape index (κ2) is 8.10. The van der Waals surface area contributed by atoms with Gasteiger partial charge in [0.25, 0.3) is 0 Å². The van der Waals surface area contributed by atoms with E-state index in [-0.39, 0.29) is 0 Å². The Morgan fingerprint density at radius 1 is 0.952 bits per heavy atom. The maximum atomic E-state index is 4.26. The van der Waals surface area contributed by atoms with Gasteiger partial charge in [0.2, 0.25) is 0 Å². The minimum atomic E-state index is 0.789. The van der Waals surface area contributed by atoms with Crippen molar-refractivity contribution in [1.29, 1.82) is 0 Å². The molecular formula is C18H23N3. The zero-order chi connectivity index (χ0) is 14.9. The van der Waals surface area contributed by atoms with Crippen molar-refractivity contribution in [3.8, 4) is 0 Å². The molecule has 0 amide bonds. The van der Waals surface area contributed by atoms with E-state index in [1.54, 1.807) is 7.05 Å². The number of benzene rings is 2. The van der Waals surface area contributed by atoms with Crippen LogP contribution >= 0.6 is 0 Å². The van der Waals surface area contributed by atoms with Gasteiger partial charge in [0.1, 0.15) is 0 Å². The van der Waals surface area contributed by atoms with Gasteiger partial charge in [-0.2, -0.15) is 0 Å². The van der Waals surface area contributed by atoms with Crippen molar-refractivity contribution in [3.05, 3.63) is 71.3 Å². The highest BCUT2D eigenvalue weighted by atomic mass is 15.2. The molecule has 0 bridgehead atoms. The van der Waals surface area contributed by atoms with Crippen molar-refractivity contribution in [2.45, 2.75) is 19.9 Å². The highest BCUT2D eigenvalue weighted by Crippen LogP contribution is 2.05. The van der Waals surface area contributed by atoms with E-state index in [9.17, 15) is 0 Å². The molecule has 0 aliphatic carbocycles. The van der Waals surface area contributed by atoms with Crippen LogP contribution in [0.25, 0.3) is 0 Å². The molecule has 0 aliphatic heterocycles. The highest BCUT2D eigenvalue weighted by Gasteiger charge is 2.00. The van der Waals surface area contributed by atoms with Crippen LogP contribution in [0.2, 0.25) is 0 Å². The first kappa shape index (κ1) is 15.1. The van der Waals surface area contributed by atoms with Crippen LogP contribution in [0.1, 0.15) is 16.7 Å². The molecule has 21 heavy (non-hydrogen) atoms. The van der Waals surface area contributed by atoms with Crippen LogP contribution in [-0.2, 0) is 13.0 Å². The number of rotatable bonds is 5. The Kier molecular flexibility index (Phi) is 5.83. The van der Waals surface area contributed by atoms with Crippen molar-refractivity contribution in [1.82, 2.24) is 10.6 Å². The van der Waals surface area contributed by atoms with Gasteiger partial charge in [-0.1, -0.05) is 54.6 Å². The second-order valence-electron chi connectivity index (χ2n) is 5.01. The molecule has 2 aromatic rings. The molecule has 0 atom stereocenters. The van der Waals surface area contributed by atoms with Gasteiger partial charge in [-0.05, 0) is 30.0 Å². The van der Waals surface area contributed by atoms with Crippen molar-refractivity contribution in [3.63, 3.8) is 0 Å². The topological polar surface area (TPSA) is 36.4 Å². The summed E-state index contributed by atoms with van der Waals surface area (Å²) in [5.41, 5.74) is 3.92. The van der Waals surface area contributed by atoms with Gasteiger partial charge in [0, 0.05) is 20.1 Å². The maximum absolute atomic E-state index is 4.26. The molecular weight excluding hydrogens is 258 g/mol. The van der Waals surface area contributed by atoms with Crippen LogP contribution in [0.5, 0.6) is 0 Å². The monoisotopic (exact) mass is 281 g/mol. The number of aliphatic imine (C=N–C) groups is 1. The molecule has 0 saturated carbocycles. The number of nitrogens with zero attached hydrogens (tertiary/aromatic N) is 1. The predicted molar refractivity (Wildman–Crippen MR) is 89.5 cm³/mol. The van der Waals surface area contributed by atoms with Crippen molar-refractivity contribution in [2.75, 3.05) is 13.6 Å². The Morgan fingerprint density at radius 2 is 1.67 bits per heavy atom. The van der Waals surface area contributed by atoms with Crippen molar-refractivity contribution in [2.24, 2.45) is 4.99 Å². The number of nitrogens with one attached hydrogen (secondary N) is 2. The van der Waals surface area contributed by atoms with E-state index in [1.165, 1.54) is 16.7 Å². The second-order valence-corrected chi connectivity index (χ2v) is 5.01. The average Bonchev–Trinajstić information content (AvgIpc) is 2.53. The predicted octanol–water partition coefficient (Wildman–Crippen LogP) is 2.90. The Hall–Kier alpha value is -2.29. The van der Waals surface area contributed by atoms with E-state index in [1.807, 2.05) is 6.07 Å². The third kappa shape index (κ3) is 4.95. The Morgan fingerprint density at radius 3 is 2.38 bits per heavy atom. The summed E-state index contributed by atoms with van der Waals surface area (Å²) in [6, 6.07) is 18.9. The van der Waals surface area contributed by atoms with Gasteiger partial charge in [-0.25, -0.2) is 0 Å². The summed E-state index contributed by atoms with van der Waals surface area (Å²) in [5.74, 6) is 0.842. The summed E-state index contributed by atoms with van der Waals surface area (Å²) >= 11 is 0. The molecule has 0 aliphatic rings. The SMILES string of the molecule is CN=C(NCCc1ccccc1)NCc1ccccc1C. The van der Waals surface area contributed by atoms with Crippen LogP contribution in [0.3, 0.4) is 0 Å². The number of aryl methyl sites for hydroxylation is 1. The summed E-state index contributed by atoms with van der Waals surface area (Å²) in [6.07, 6.45) is 0.992. The van der Waals surface area contributed by atoms with Crippen LogP contribution < -0.4 is 10.6 Å². The fourth-order valence-electron chi connectivity index (χ4n) is 2.18. The molecule has 0 spiro atoms. The average molecular weight is 281 g/mol. The molecule has 3 heteroatoms. The molecule has 2 rings (SSSR count). The summed E-state index contributed by atoms with van der Waals surface area (Å²) < 4.78 is 0. The lowest BCUT2D eigenvalue weighted by Crippen LogP contribution is -2.38. The first-order chi connectivity index (χ1) is 10.3. The minimum absolute atomic E-state index is 0.789. The summed E-state index contributed by atoms with van der Waals surface area (Å²) in [4.78, 5) is 4.26. The zero-order valence-corrected chi connectivity index (χ0v) is 12.8. The molecule has 0 radical (unpaired) electrons. The molecule has 0 fully saturated rings. The summed E-state index contributed by atoms with van der Waals surface area (Å²) in [6.45, 7) is 3.79. The largest absolute Gasteiger partial charge is 0.356 e. The fraction of sp³-hybridized carbons (Fsp3) is 0.278. The molecule has 2 aromatic carbocycles. The lowest BCUT2D eigenvalue weighted by atomic mass is 10.1. The Labute approximate surface area is 127 Å². The third-order valence-electron chi connectivity index (χ3n) is 3.48. The standard InChI is InChI=1S/C18H23N3/c1-15-8-6-7-11-17(15)14-21-18(19-2)20-13-12-16-9-4-3-5-10-16/h3-11H,12-14H2,1-2H3,(H2,19,20,21). The van der Waals surface area contributed by atoms with Crippen LogP contribution in [0.4, 0.5) is 0 Å². The van der Waals surface area contributed by atoms with Crippen LogP contribution in [-0.4, -0.2) is 19.6 Å². The smallest absolute Gasteiger partial charge is 0.191 e. The summed E-state index contributed by atoms with van der Waals surface area (Å²) in [5, 5.41) is 6.70. The van der Waals surface area contributed by atoms with E-state index in [4.69, 9.17) is 0 Å². The fourth-order valence-corrected chi connectivity index (χ4v) is 2.18. The molecule has 3 nitrogen and oxygen atoms in total. The zero-order valence-electron chi connectivity index (χ0n) is 12.8. The Bertz CT molecular complexity index is 576.